The maximum absolute atomic E-state index is 12.6. The van der Waals surface area contributed by atoms with Crippen molar-refractivity contribution in [2.45, 2.75) is 51.7 Å². The van der Waals surface area contributed by atoms with E-state index in [0.717, 1.165) is 55.5 Å². The smallest absolute Gasteiger partial charge is 0.317 e. The zero-order valence-electron chi connectivity index (χ0n) is 21.9. The fourth-order valence-electron chi connectivity index (χ4n) is 4.73. The number of carbonyl (C=O) groups is 1. The summed E-state index contributed by atoms with van der Waals surface area (Å²) in [5, 5.41) is 19.7. The van der Waals surface area contributed by atoms with Crippen LogP contribution in [0.2, 0.25) is 0 Å². The normalized spacial score (nSPS) is 16.1. The Balaban J connectivity index is 0.000000956. The van der Waals surface area contributed by atoms with Crippen molar-refractivity contribution in [3.05, 3.63) is 53.1 Å². The van der Waals surface area contributed by atoms with Gasteiger partial charge in [-0.05, 0) is 83.0 Å². The van der Waals surface area contributed by atoms with Crippen molar-refractivity contribution in [2.75, 3.05) is 27.2 Å². The van der Waals surface area contributed by atoms with E-state index in [0.29, 0.717) is 28.6 Å². The Morgan fingerprint density at radius 3 is 2.70 bits per heavy atom. The van der Waals surface area contributed by atoms with Crippen LogP contribution in [-0.4, -0.2) is 54.4 Å². The number of urea groups is 1. The molecule has 1 atom stereocenters. The van der Waals surface area contributed by atoms with Crippen LogP contribution in [0.4, 0.5) is 4.79 Å². The molecule has 1 aromatic heterocycles. The first kappa shape index (κ1) is 26.2. The summed E-state index contributed by atoms with van der Waals surface area (Å²) in [5.74, 6) is 1.38. The molecular formula is C28H36N6O3. The van der Waals surface area contributed by atoms with Gasteiger partial charge in [0.1, 0.15) is 11.8 Å². The van der Waals surface area contributed by atoms with Gasteiger partial charge in [-0.15, -0.1) is 0 Å². The van der Waals surface area contributed by atoms with Crippen LogP contribution >= 0.6 is 0 Å². The molecule has 9 heteroatoms. The molecule has 0 saturated carbocycles. The lowest BCUT2D eigenvalue weighted by Crippen LogP contribution is -2.39. The summed E-state index contributed by atoms with van der Waals surface area (Å²) >= 11 is 0. The van der Waals surface area contributed by atoms with Crippen molar-refractivity contribution < 1.29 is 15.5 Å². The molecular weight excluding hydrogens is 468 g/mol. The third-order valence-electron chi connectivity index (χ3n) is 6.34. The lowest BCUT2D eigenvalue weighted by Gasteiger charge is -2.20. The van der Waals surface area contributed by atoms with E-state index in [1.807, 2.05) is 51.0 Å². The lowest BCUT2D eigenvalue weighted by atomic mass is 10.0. The number of carbonyl (C=O) groups excluding carboxylic acids is 1. The number of amides is 2. The molecule has 196 valence electrons. The average Bonchev–Trinajstić information content (AvgIpc) is 3.66. The van der Waals surface area contributed by atoms with E-state index in [-0.39, 0.29) is 19.6 Å². The molecule has 2 heterocycles. The predicted molar refractivity (Wildman–Crippen MR) is 143 cm³/mol. The van der Waals surface area contributed by atoms with Crippen LogP contribution in [0.3, 0.4) is 0 Å². The maximum Gasteiger partial charge on any atom is 0.317 e. The van der Waals surface area contributed by atoms with Crippen molar-refractivity contribution in [1.82, 2.24) is 25.7 Å². The molecule has 3 aromatic rings. The number of rotatable bonds is 5. The summed E-state index contributed by atoms with van der Waals surface area (Å²) in [6, 6.07) is 13.5. The van der Waals surface area contributed by atoms with E-state index in [9.17, 15) is 10.1 Å². The fourth-order valence-corrected chi connectivity index (χ4v) is 4.73. The highest BCUT2D eigenvalue weighted by Crippen LogP contribution is 2.38. The molecule has 0 bridgehead atoms. The van der Waals surface area contributed by atoms with E-state index in [4.69, 9.17) is 9.26 Å². The van der Waals surface area contributed by atoms with Crippen molar-refractivity contribution >= 4 is 6.03 Å². The second kappa shape index (κ2) is 11.9. The zero-order valence-corrected chi connectivity index (χ0v) is 21.9. The Morgan fingerprint density at radius 2 is 2.00 bits per heavy atom. The number of fused-ring (bicyclic) bond motifs is 1. The first-order valence-electron chi connectivity index (χ1n) is 12.8. The van der Waals surface area contributed by atoms with Crippen LogP contribution in [0.1, 0.15) is 57.3 Å². The molecule has 0 unspecified atom stereocenters. The predicted octanol–water partition coefficient (Wildman–Crippen LogP) is 4.94. The van der Waals surface area contributed by atoms with Crippen LogP contribution in [0.15, 0.2) is 40.9 Å². The quantitative estimate of drug-likeness (QED) is 0.506. The van der Waals surface area contributed by atoms with Gasteiger partial charge in [0.25, 0.3) is 5.89 Å². The molecule has 1 saturated heterocycles. The van der Waals surface area contributed by atoms with Gasteiger partial charge in [-0.25, -0.2) is 4.79 Å². The highest BCUT2D eigenvalue weighted by molar-refractivity contribution is 5.76. The molecule has 2 aromatic carbocycles. The Kier molecular flexibility index (Phi) is 8.41. The third-order valence-corrected chi connectivity index (χ3v) is 6.34. The molecule has 9 nitrogen and oxygen atoms in total. The summed E-state index contributed by atoms with van der Waals surface area (Å²) in [6.07, 6.45) is 3.79. The van der Waals surface area contributed by atoms with Crippen LogP contribution in [-0.2, 0) is 6.42 Å². The molecule has 1 fully saturated rings. The van der Waals surface area contributed by atoms with Crippen molar-refractivity contribution in [3.8, 4) is 34.7 Å². The molecule has 0 spiro atoms. The van der Waals surface area contributed by atoms with E-state index < -0.39 is 0 Å². The molecule has 1 aliphatic heterocycles. The van der Waals surface area contributed by atoms with Crippen LogP contribution in [0.25, 0.3) is 22.8 Å². The number of hydrogen-bond acceptors (Lipinski definition) is 7. The standard InChI is InChI=1S/C26H27N5O3.C2H7N.H2/c1-16(2)33-23-11-8-17(14-18(23)15-27)25-29-24(30-34-25)21-7-5-6-20-19(21)9-10-22(20)28-26(32)31-12-3-4-13-31;1-3-2;/h5-8,11,14,16,22H,3-4,9-10,12-13H2,1-2H3,(H,28,32);3H,1-2H3;1H/t22-;;/m0../s1. The van der Waals surface area contributed by atoms with Gasteiger partial charge in [-0.3, -0.25) is 0 Å². The summed E-state index contributed by atoms with van der Waals surface area (Å²) in [7, 11) is 3.75. The number of hydrogen-bond donors (Lipinski definition) is 2. The molecule has 37 heavy (non-hydrogen) atoms. The third kappa shape index (κ3) is 5.92. The summed E-state index contributed by atoms with van der Waals surface area (Å²) in [6.45, 7) is 5.49. The molecule has 2 N–H and O–H groups in total. The van der Waals surface area contributed by atoms with Crippen LogP contribution in [0, 0.1) is 11.3 Å². The average molecular weight is 505 g/mol. The van der Waals surface area contributed by atoms with Gasteiger partial charge in [0.2, 0.25) is 5.82 Å². The highest BCUT2D eigenvalue weighted by Gasteiger charge is 2.29. The Bertz CT molecular complexity index is 1280. The van der Waals surface area contributed by atoms with Gasteiger partial charge in [-0.1, -0.05) is 23.4 Å². The summed E-state index contributed by atoms with van der Waals surface area (Å²) in [5.41, 5.74) is 4.24. The van der Waals surface area contributed by atoms with Gasteiger partial charge in [0.15, 0.2) is 0 Å². The maximum atomic E-state index is 12.6. The topological polar surface area (TPSA) is 116 Å². The number of likely N-dealkylation sites (tertiary alicyclic amines) is 1. The van der Waals surface area contributed by atoms with Crippen molar-refractivity contribution in [2.24, 2.45) is 0 Å². The monoisotopic (exact) mass is 504 g/mol. The minimum atomic E-state index is -0.0305. The number of nitrogens with one attached hydrogen (secondary N) is 2. The van der Waals surface area contributed by atoms with Crippen molar-refractivity contribution in [1.29, 1.82) is 5.26 Å². The Labute approximate surface area is 219 Å². The molecule has 2 amide bonds. The minimum absolute atomic E-state index is 0. The second-order valence-corrected chi connectivity index (χ2v) is 9.52. The molecule has 5 rings (SSSR count). The number of nitriles is 1. The lowest BCUT2D eigenvalue weighted by molar-refractivity contribution is 0.204. The van der Waals surface area contributed by atoms with E-state index >= 15 is 0 Å². The first-order chi connectivity index (χ1) is 17.9. The number of benzene rings is 2. The Morgan fingerprint density at radius 1 is 1.24 bits per heavy atom. The molecule has 1 aliphatic carbocycles. The van der Waals surface area contributed by atoms with Crippen LogP contribution < -0.4 is 15.4 Å². The van der Waals surface area contributed by atoms with Gasteiger partial charge < -0.3 is 24.8 Å². The minimum Gasteiger partial charge on any atom is -0.490 e. The molecule has 0 radical (unpaired) electrons. The molecule has 2 aliphatic rings. The largest absolute Gasteiger partial charge is 0.490 e. The van der Waals surface area contributed by atoms with E-state index in [1.54, 1.807) is 12.1 Å². The summed E-state index contributed by atoms with van der Waals surface area (Å²) in [4.78, 5) is 19.1. The van der Waals surface area contributed by atoms with Gasteiger partial charge in [-0.2, -0.15) is 10.2 Å². The number of ether oxygens (including phenoxy) is 1. The van der Waals surface area contributed by atoms with E-state index in [1.165, 1.54) is 0 Å². The second-order valence-electron chi connectivity index (χ2n) is 9.52. The zero-order chi connectivity index (χ0) is 26.4. The van der Waals surface area contributed by atoms with Crippen molar-refractivity contribution in [3.63, 3.8) is 0 Å². The van der Waals surface area contributed by atoms with E-state index in [2.05, 4.69) is 32.9 Å². The highest BCUT2D eigenvalue weighted by atomic mass is 16.5. The Hall–Kier alpha value is -3.90. The SMILES string of the molecule is CC(C)Oc1ccc(-c2nc(-c3cccc4c3CC[C@@H]4NC(=O)N3CCCC3)no2)cc1C#N.CNC.[HH]. The fraction of sp³-hybridized carbons (Fsp3) is 0.429. The number of aromatic nitrogens is 2. The first-order valence-corrected chi connectivity index (χ1v) is 12.8. The van der Waals surface area contributed by atoms with Gasteiger partial charge >= 0.3 is 6.03 Å². The van der Waals surface area contributed by atoms with Gasteiger partial charge in [0, 0.05) is 25.6 Å². The van der Waals surface area contributed by atoms with Crippen LogP contribution in [0.5, 0.6) is 5.75 Å². The van der Waals surface area contributed by atoms with Gasteiger partial charge in [0.05, 0.1) is 17.7 Å². The number of nitrogens with zero attached hydrogens (tertiary/aromatic N) is 4. The summed E-state index contributed by atoms with van der Waals surface area (Å²) < 4.78 is 11.3.